The van der Waals surface area contributed by atoms with E-state index in [0.717, 1.165) is 40.8 Å². The number of aromatic amines is 1. The number of para-hydroxylation sites is 1. The molecular weight excluding hydrogens is 489 g/mol. The fraction of sp³-hybridized carbons (Fsp3) is 0.182. The Morgan fingerprint density at radius 3 is 2.46 bits per heavy atom. The van der Waals surface area contributed by atoms with E-state index >= 15 is 0 Å². The predicted molar refractivity (Wildman–Crippen MR) is 154 cm³/mol. The molecule has 1 aliphatic heterocycles. The van der Waals surface area contributed by atoms with Gasteiger partial charge in [0.05, 0.1) is 13.2 Å². The molecule has 5 aromatic rings. The first-order chi connectivity index (χ1) is 19.1. The van der Waals surface area contributed by atoms with E-state index in [0.29, 0.717) is 16.9 Å². The lowest BCUT2D eigenvalue weighted by Crippen LogP contribution is -2.30. The summed E-state index contributed by atoms with van der Waals surface area (Å²) in [6.45, 7) is 2.20. The minimum absolute atomic E-state index is 0.263. The van der Waals surface area contributed by atoms with Gasteiger partial charge in [0.15, 0.2) is 0 Å². The van der Waals surface area contributed by atoms with Gasteiger partial charge in [-0.2, -0.15) is 0 Å². The second kappa shape index (κ2) is 10.7. The number of amides is 1. The number of H-pyrrole nitrogens is 1. The van der Waals surface area contributed by atoms with Gasteiger partial charge in [0.25, 0.3) is 5.91 Å². The van der Waals surface area contributed by atoms with Gasteiger partial charge in [0, 0.05) is 41.1 Å². The Morgan fingerprint density at radius 1 is 0.897 bits per heavy atom. The molecule has 1 aliphatic rings. The summed E-state index contributed by atoms with van der Waals surface area (Å²) in [5, 5.41) is 4.13. The molecule has 1 saturated heterocycles. The molecule has 0 radical (unpaired) electrons. The van der Waals surface area contributed by atoms with Crippen LogP contribution < -0.4 is 15.0 Å². The smallest absolute Gasteiger partial charge is 0.252 e. The topological polar surface area (TPSA) is 57.4 Å². The number of nitrogens with zero attached hydrogens (tertiary/aromatic N) is 1. The van der Waals surface area contributed by atoms with Crippen molar-refractivity contribution >= 4 is 22.5 Å². The number of benzene rings is 4. The Bertz CT molecular complexity index is 1590. The van der Waals surface area contributed by atoms with Crippen LogP contribution in [0.25, 0.3) is 22.0 Å². The van der Waals surface area contributed by atoms with Gasteiger partial charge in [-0.3, -0.25) is 4.79 Å². The highest BCUT2D eigenvalue weighted by Crippen LogP contribution is 2.33. The summed E-state index contributed by atoms with van der Waals surface area (Å²) in [5.41, 5.74) is 5.96. The molecule has 6 rings (SSSR count). The molecular formula is C33H30FN3O2. The van der Waals surface area contributed by atoms with E-state index in [9.17, 15) is 9.18 Å². The zero-order valence-electron chi connectivity index (χ0n) is 21.8. The fourth-order valence-corrected chi connectivity index (χ4v) is 5.40. The lowest BCUT2D eigenvalue weighted by atomic mass is 10.00. The summed E-state index contributed by atoms with van der Waals surface area (Å²) < 4.78 is 20.0. The number of methoxy groups -OCH3 is 1. The molecule has 1 amide bonds. The van der Waals surface area contributed by atoms with Crippen molar-refractivity contribution in [3.63, 3.8) is 0 Å². The van der Waals surface area contributed by atoms with E-state index in [1.165, 1.54) is 30.7 Å². The average Bonchev–Trinajstić information content (AvgIpc) is 3.67. The molecule has 0 bridgehead atoms. The lowest BCUT2D eigenvalue weighted by molar-refractivity contribution is 0.0942. The number of fused-ring (bicyclic) bond motifs is 1. The molecule has 2 N–H and O–H groups in total. The number of ether oxygens (including phenoxy) is 1. The highest BCUT2D eigenvalue weighted by Gasteiger charge is 2.24. The van der Waals surface area contributed by atoms with Crippen LogP contribution in [0.3, 0.4) is 0 Å². The van der Waals surface area contributed by atoms with E-state index in [1.54, 1.807) is 19.2 Å². The van der Waals surface area contributed by atoms with Crippen molar-refractivity contribution in [1.29, 1.82) is 0 Å². The number of nitrogens with one attached hydrogen (secondary N) is 2. The van der Waals surface area contributed by atoms with E-state index in [4.69, 9.17) is 4.74 Å². The number of hydrogen-bond acceptors (Lipinski definition) is 3. The summed E-state index contributed by atoms with van der Waals surface area (Å²) in [5.74, 6) is -0.173. The molecule has 4 aromatic carbocycles. The number of anilines is 1. The molecule has 1 atom stereocenters. The van der Waals surface area contributed by atoms with Crippen LogP contribution in [0, 0.1) is 5.82 Å². The Morgan fingerprint density at radius 2 is 1.69 bits per heavy atom. The highest BCUT2D eigenvalue weighted by molar-refractivity contribution is 5.96. The largest absolute Gasteiger partial charge is 0.496 e. The van der Waals surface area contributed by atoms with Crippen LogP contribution in [0.4, 0.5) is 10.1 Å². The first-order valence-electron chi connectivity index (χ1n) is 13.3. The maximum Gasteiger partial charge on any atom is 0.252 e. The molecule has 1 fully saturated rings. The van der Waals surface area contributed by atoms with Crippen molar-refractivity contribution < 1.29 is 13.9 Å². The summed E-state index contributed by atoms with van der Waals surface area (Å²) >= 11 is 0. The van der Waals surface area contributed by atoms with Gasteiger partial charge >= 0.3 is 0 Å². The zero-order valence-corrected chi connectivity index (χ0v) is 21.8. The van der Waals surface area contributed by atoms with Crippen LogP contribution in [-0.2, 0) is 0 Å². The van der Waals surface area contributed by atoms with E-state index < -0.39 is 11.9 Å². The summed E-state index contributed by atoms with van der Waals surface area (Å²) in [6.07, 6.45) is 2.47. The van der Waals surface area contributed by atoms with Crippen LogP contribution in [0.2, 0.25) is 0 Å². The number of carbonyl (C=O) groups is 1. The molecule has 5 nitrogen and oxygen atoms in total. The quantitative estimate of drug-likeness (QED) is 0.241. The van der Waals surface area contributed by atoms with Crippen molar-refractivity contribution in [2.24, 2.45) is 0 Å². The van der Waals surface area contributed by atoms with Crippen molar-refractivity contribution in [3.8, 4) is 16.9 Å². The number of rotatable bonds is 7. The SMILES string of the molecule is COc1ccc(F)cc1[C@@H](NC(=O)c1cccc(-c2ccc(N3CCCC3)cc2)c1)c1cc2ccccc2[nH]1. The zero-order chi connectivity index (χ0) is 26.8. The number of hydrogen-bond donors (Lipinski definition) is 2. The summed E-state index contributed by atoms with van der Waals surface area (Å²) in [4.78, 5) is 19.4. The standard InChI is InChI=1S/C33H30FN3O2/c1-39-31-16-13-26(34)21-28(31)32(30-20-24-7-2-3-10-29(24)35-30)36-33(38)25-9-6-8-23(19-25)22-11-14-27(15-12-22)37-17-4-5-18-37/h2-3,6-16,19-21,32,35H,4-5,17-18H2,1H3,(H,36,38)/t32-/m1/s1. The second-order valence-corrected chi connectivity index (χ2v) is 9.93. The Kier molecular flexibility index (Phi) is 6.76. The summed E-state index contributed by atoms with van der Waals surface area (Å²) in [6, 6.07) is 29.6. The molecule has 0 saturated carbocycles. The molecule has 6 heteroatoms. The highest BCUT2D eigenvalue weighted by atomic mass is 19.1. The van der Waals surface area contributed by atoms with Crippen molar-refractivity contribution in [1.82, 2.24) is 10.3 Å². The van der Waals surface area contributed by atoms with Crippen molar-refractivity contribution in [3.05, 3.63) is 120 Å². The van der Waals surface area contributed by atoms with Crippen LogP contribution in [0.5, 0.6) is 5.75 Å². The van der Waals surface area contributed by atoms with Crippen molar-refractivity contribution in [2.45, 2.75) is 18.9 Å². The molecule has 196 valence electrons. The maximum absolute atomic E-state index is 14.4. The van der Waals surface area contributed by atoms with Gasteiger partial charge in [-0.25, -0.2) is 4.39 Å². The molecule has 1 aromatic heterocycles. The van der Waals surface area contributed by atoms with Crippen LogP contribution in [-0.4, -0.2) is 31.1 Å². The first kappa shape index (κ1) is 24.7. The molecule has 0 aliphatic carbocycles. The normalized spacial score (nSPS) is 13.9. The van der Waals surface area contributed by atoms with Crippen LogP contribution in [0.1, 0.15) is 40.5 Å². The molecule has 39 heavy (non-hydrogen) atoms. The minimum atomic E-state index is -0.654. The van der Waals surface area contributed by atoms with E-state index in [2.05, 4.69) is 39.5 Å². The Balaban J connectivity index is 1.32. The predicted octanol–water partition coefficient (Wildman–Crippen LogP) is 7.10. The third kappa shape index (κ3) is 5.10. The van der Waals surface area contributed by atoms with Crippen LogP contribution in [0.15, 0.2) is 97.1 Å². The van der Waals surface area contributed by atoms with Gasteiger partial charge in [-0.05, 0) is 84.0 Å². The average molecular weight is 520 g/mol. The minimum Gasteiger partial charge on any atom is -0.496 e. The maximum atomic E-state index is 14.4. The van der Waals surface area contributed by atoms with Gasteiger partial charge in [-0.15, -0.1) is 0 Å². The first-order valence-corrected chi connectivity index (χ1v) is 13.3. The second-order valence-electron chi connectivity index (χ2n) is 9.93. The van der Waals surface area contributed by atoms with Gasteiger partial charge in [-0.1, -0.05) is 42.5 Å². The van der Waals surface area contributed by atoms with Gasteiger partial charge in [0.2, 0.25) is 0 Å². The third-order valence-electron chi connectivity index (χ3n) is 7.44. The summed E-state index contributed by atoms with van der Waals surface area (Å²) in [7, 11) is 1.54. The number of halogens is 1. The van der Waals surface area contributed by atoms with Crippen molar-refractivity contribution in [2.75, 3.05) is 25.1 Å². The van der Waals surface area contributed by atoms with E-state index in [-0.39, 0.29) is 5.91 Å². The molecule has 0 unspecified atom stereocenters. The van der Waals surface area contributed by atoms with E-state index in [1.807, 2.05) is 48.5 Å². The molecule has 0 spiro atoms. The lowest BCUT2D eigenvalue weighted by Gasteiger charge is -2.21. The number of aromatic nitrogens is 1. The number of carbonyl (C=O) groups excluding carboxylic acids is 1. The molecule has 2 heterocycles. The van der Waals surface area contributed by atoms with Crippen LogP contribution >= 0.6 is 0 Å². The third-order valence-corrected chi connectivity index (χ3v) is 7.44. The fourth-order valence-electron chi connectivity index (χ4n) is 5.40. The Labute approximate surface area is 227 Å². The van der Waals surface area contributed by atoms with Gasteiger partial charge < -0.3 is 19.9 Å². The van der Waals surface area contributed by atoms with Gasteiger partial charge in [0.1, 0.15) is 11.6 Å². The Hall–Kier alpha value is -4.58. The monoisotopic (exact) mass is 519 g/mol.